The molecule has 26 heavy (non-hydrogen) atoms. The van der Waals surface area contributed by atoms with E-state index >= 15 is 0 Å². The number of ether oxygens (including phenoxy) is 1. The van der Waals surface area contributed by atoms with Crippen LogP contribution in [0.1, 0.15) is 105 Å². The topological polar surface area (TPSA) is 26.3 Å². The average Bonchev–Trinajstić information content (AvgIpc) is 2.92. The van der Waals surface area contributed by atoms with Crippen LogP contribution in [-0.4, -0.2) is 12.1 Å². The van der Waals surface area contributed by atoms with Crippen LogP contribution in [-0.2, 0) is 9.53 Å². The normalized spacial score (nSPS) is 30.3. The van der Waals surface area contributed by atoms with Crippen molar-refractivity contribution in [2.75, 3.05) is 0 Å². The minimum atomic E-state index is -0.192. The summed E-state index contributed by atoms with van der Waals surface area (Å²) in [5.41, 5.74) is 1.20. The lowest BCUT2D eigenvalue weighted by Crippen LogP contribution is -2.40. The van der Waals surface area contributed by atoms with E-state index in [4.69, 9.17) is 4.74 Å². The van der Waals surface area contributed by atoms with E-state index in [1.54, 1.807) is 6.92 Å². The van der Waals surface area contributed by atoms with Crippen LogP contribution in [0.15, 0.2) is 12.2 Å². The van der Waals surface area contributed by atoms with E-state index < -0.39 is 0 Å². The van der Waals surface area contributed by atoms with E-state index in [0.717, 1.165) is 12.3 Å². The zero-order valence-electron chi connectivity index (χ0n) is 18.0. The molecule has 2 fully saturated rings. The largest absolute Gasteiger partial charge is 0.459 e. The summed E-state index contributed by atoms with van der Waals surface area (Å²) in [6, 6.07) is 0. The summed E-state index contributed by atoms with van der Waals surface area (Å²) < 4.78 is 6.01. The number of unbranched alkanes of at least 4 members (excludes halogenated alkanes) is 6. The highest BCUT2D eigenvalue weighted by molar-refractivity contribution is 5.87. The lowest BCUT2D eigenvalue weighted by atomic mass is 9.65. The van der Waals surface area contributed by atoms with Gasteiger partial charge in [0.05, 0.1) is 0 Å². The quantitative estimate of drug-likeness (QED) is 0.223. The Hall–Kier alpha value is -0.790. The molecule has 0 aromatic heterocycles. The van der Waals surface area contributed by atoms with E-state index in [0.29, 0.717) is 22.3 Å². The predicted octanol–water partition coefficient (Wildman–Crippen LogP) is 7.08. The number of carbonyl (C=O) groups is 1. The molecule has 2 saturated carbocycles. The first kappa shape index (κ1) is 21.5. The van der Waals surface area contributed by atoms with Gasteiger partial charge in [-0.1, -0.05) is 72.8 Å². The summed E-state index contributed by atoms with van der Waals surface area (Å²) in [6.45, 7) is 15.2. The van der Waals surface area contributed by atoms with Crippen molar-refractivity contribution >= 4 is 5.97 Å². The predicted molar refractivity (Wildman–Crippen MR) is 110 cm³/mol. The molecule has 0 aromatic rings. The van der Waals surface area contributed by atoms with Crippen molar-refractivity contribution in [1.29, 1.82) is 0 Å². The van der Waals surface area contributed by atoms with Gasteiger partial charge >= 0.3 is 5.97 Å². The van der Waals surface area contributed by atoms with Crippen molar-refractivity contribution in [3.05, 3.63) is 12.2 Å². The summed E-state index contributed by atoms with van der Waals surface area (Å²) in [5.74, 6) is 1.11. The van der Waals surface area contributed by atoms with Crippen LogP contribution in [0.5, 0.6) is 0 Å². The first-order valence-electron chi connectivity index (χ1n) is 11.1. The Morgan fingerprint density at radius 1 is 1.12 bits per heavy atom. The van der Waals surface area contributed by atoms with Gasteiger partial charge in [0.1, 0.15) is 6.10 Å². The highest BCUT2D eigenvalue weighted by Crippen LogP contribution is 2.69. The average molecular weight is 363 g/mol. The van der Waals surface area contributed by atoms with Crippen molar-refractivity contribution in [2.45, 2.75) is 111 Å². The fraction of sp³-hybridized carbons (Fsp3) is 0.875. The smallest absolute Gasteiger partial charge is 0.333 e. The second-order valence-corrected chi connectivity index (χ2v) is 9.85. The van der Waals surface area contributed by atoms with Gasteiger partial charge < -0.3 is 4.74 Å². The van der Waals surface area contributed by atoms with Crippen LogP contribution < -0.4 is 0 Å². The molecular formula is C24H42O2. The minimum Gasteiger partial charge on any atom is -0.459 e. The summed E-state index contributed by atoms with van der Waals surface area (Å²) in [4.78, 5) is 12.3. The molecule has 150 valence electrons. The Morgan fingerprint density at radius 3 is 2.23 bits per heavy atom. The van der Waals surface area contributed by atoms with Gasteiger partial charge in [0.15, 0.2) is 0 Å². The van der Waals surface area contributed by atoms with Gasteiger partial charge in [-0.3, -0.25) is 0 Å². The van der Waals surface area contributed by atoms with E-state index in [2.05, 4.69) is 34.3 Å². The molecule has 0 spiro atoms. The maximum atomic E-state index is 12.3. The zero-order valence-corrected chi connectivity index (χ0v) is 18.0. The third-order valence-corrected chi connectivity index (χ3v) is 8.01. The molecule has 2 aliphatic carbocycles. The Balaban J connectivity index is 1.94. The molecule has 0 saturated heterocycles. The number of hydrogen-bond donors (Lipinski definition) is 0. The van der Waals surface area contributed by atoms with Gasteiger partial charge in [0.2, 0.25) is 0 Å². The number of esters is 1. The molecule has 0 heterocycles. The van der Waals surface area contributed by atoms with Gasteiger partial charge in [-0.2, -0.15) is 0 Å². The Labute approximate surface area is 162 Å². The van der Waals surface area contributed by atoms with Gasteiger partial charge in [-0.15, -0.1) is 0 Å². The Kier molecular flexibility index (Phi) is 7.39. The number of fused-ring (bicyclic) bond motifs is 2. The highest BCUT2D eigenvalue weighted by atomic mass is 16.5. The second-order valence-electron chi connectivity index (χ2n) is 9.85. The molecule has 0 aliphatic heterocycles. The summed E-state index contributed by atoms with van der Waals surface area (Å²) in [5, 5.41) is 0. The van der Waals surface area contributed by atoms with Crippen LogP contribution in [0.4, 0.5) is 0 Å². The first-order chi connectivity index (χ1) is 12.2. The minimum absolute atomic E-state index is 0.0735. The van der Waals surface area contributed by atoms with Crippen molar-refractivity contribution in [3.63, 3.8) is 0 Å². The fourth-order valence-corrected chi connectivity index (χ4v) is 5.71. The molecule has 0 amide bonds. The summed E-state index contributed by atoms with van der Waals surface area (Å²) in [6.07, 6.45) is 14.1. The van der Waals surface area contributed by atoms with Crippen molar-refractivity contribution in [2.24, 2.45) is 22.7 Å². The zero-order chi connectivity index (χ0) is 19.4. The van der Waals surface area contributed by atoms with Crippen LogP contribution in [0.25, 0.3) is 0 Å². The van der Waals surface area contributed by atoms with Crippen LogP contribution in [0.2, 0.25) is 0 Å². The molecular weight excluding hydrogens is 320 g/mol. The molecule has 2 rings (SSSR count). The van der Waals surface area contributed by atoms with Crippen LogP contribution >= 0.6 is 0 Å². The lowest BCUT2D eigenvalue weighted by molar-refractivity contribution is -0.151. The van der Waals surface area contributed by atoms with Gasteiger partial charge in [0, 0.05) is 11.5 Å². The summed E-state index contributed by atoms with van der Waals surface area (Å²) >= 11 is 0. The van der Waals surface area contributed by atoms with Gasteiger partial charge in [-0.05, 0) is 55.8 Å². The van der Waals surface area contributed by atoms with Gasteiger partial charge in [-0.25, -0.2) is 4.79 Å². The summed E-state index contributed by atoms with van der Waals surface area (Å²) in [7, 11) is 0. The number of rotatable bonds is 11. The van der Waals surface area contributed by atoms with E-state index in [-0.39, 0.29) is 12.1 Å². The molecule has 4 atom stereocenters. The Morgan fingerprint density at radius 2 is 1.73 bits per heavy atom. The van der Waals surface area contributed by atoms with Crippen LogP contribution in [0.3, 0.4) is 0 Å². The maximum absolute atomic E-state index is 12.3. The van der Waals surface area contributed by atoms with E-state index in [9.17, 15) is 4.79 Å². The van der Waals surface area contributed by atoms with Crippen molar-refractivity contribution in [1.82, 2.24) is 0 Å². The van der Waals surface area contributed by atoms with Crippen molar-refractivity contribution < 1.29 is 9.53 Å². The molecule has 0 aromatic carbocycles. The fourth-order valence-electron chi connectivity index (χ4n) is 5.71. The van der Waals surface area contributed by atoms with E-state index in [1.165, 1.54) is 64.2 Å². The molecule has 2 heteroatoms. The first-order valence-corrected chi connectivity index (χ1v) is 11.1. The molecule has 0 radical (unpaired) electrons. The number of hydrogen-bond acceptors (Lipinski definition) is 2. The molecule has 2 bridgehead atoms. The van der Waals surface area contributed by atoms with Gasteiger partial charge in [0.25, 0.3) is 0 Å². The Bertz CT molecular complexity index is 492. The highest BCUT2D eigenvalue weighted by Gasteiger charge is 2.63. The van der Waals surface area contributed by atoms with E-state index in [1.807, 2.05) is 0 Å². The molecule has 4 unspecified atom stereocenters. The molecule has 2 nitrogen and oxygen atoms in total. The van der Waals surface area contributed by atoms with Crippen molar-refractivity contribution in [3.8, 4) is 0 Å². The third-order valence-electron chi connectivity index (χ3n) is 8.01. The second kappa shape index (κ2) is 8.93. The monoisotopic (exact) mass is 362 g/mol. The third kappa shape index (κ3) is 4.37. The number of carbonyl (C=O) groups excluding carboxylic acids is 1. The molecule has 2 aliphatic rings. The SMILES string of the molecule is C=C(C)C(=O)OC(CCCCCCCCC)C1CC2CCC1(C)C2(C)C. The lowest BCUT2D eigenvalue weighted by Gasteiger charge is -2.42. The standard InChI is InChI=1S/C24H42O2/c1-7-8-9-10-11-12-13-14-21(26-22(25)18(2)3)20-17-19-15-16-24(20,6)23(19,4)5/h19-21H,2,7-17H2,1,3-6H3. The molecule has 0 N–H and O–H groups in total. The maximum Gasteiger partial charge on any atom is 0.333 e. The van der Waals surface area contributed by atoms with Crippen LogP contribution in [0, 0.1) is 22.7 Å².